The van der Waals surface area contributed by atoms with Crippen molar-refractivity contribution in [2.24, 2.45) is 7.05 Å². The highest BCUT2D eigenvalue weighted by atomic mass is 32.2. The maximum atomic E-state index is 12.3. The molecule has 0 fully saturated rings. The highest BCUT2D eigenvalue weighted by Crippen LogP contribution is 2.18. The molecule has 1 heterocycles. The zero-order chi connectivity index (χ0) is 15.7. The van der Waals surface area contributed by atoms with Crippen molar-refractivity contribution in [2.75, 3.05) is 27.2 Å². The van der Waals surface area contributed by atoms with E-state index in [1.807, 2.05) is 14.1 Å². The summed E-state index contributed by atoms with van der Waals surface area (Å²) in [5.41, 5.74) is -0.118. The molecule has 20 heavy (non-hydrogen) atoms. The van der Waals surface area contributed by atoms with Crippen LogP contribution in [-0.2, 0) is 17.1 Å². The standard InChI is InChI=1S/C12H24N4O3S/c1-9-11(10(2)16(6)14-9)20(18,19)13-7-12(3,17)8-15(4)5/h13,17H,7-8H2,1-6H3. The van der Waals surface area contributed by atoms with Crippen LogP contribution in [0.4, 0.5) is 0 Å². The second kappa shape index (κ2) is 5.80. The van der Waals surface area contributed by atoms with Crippen molar-refractivity contribution in [3.8, 4) is 0 Å². The van der Waals surface area contributed by atoms with Gasteiger partial charge in [-0.05, 0) is 34.9 Å². The summed E-state index contributed by atoms with van der Waals surface area (Å²) in [6.45, 7) is 5.26. The fraction of sp³-hybridized carbons (Fsp3) is 0.750. The molecule has 0 radical (unpaired) electrons. The van der Waals surface area contributed by atoms with Gasteiger partial charge in [-0.1, -0.05) is 0 Å². The lowest BCUT2D eigenvalue weighted by atomic mass is 10.1. The molecule has 0 saturated carbocycles. The first-order valence-electron chi connectivity index (χ1n) is 6.33. The van der Waals surface area contributed by atoms with Gasteiger partial charge in [0.05, 0.1) is 17.0 Å². The van der Waals surface area contributed by atoms with Crippen molar-refractivity contribution in [1.29, 1.82) is 0 Å². The molecule has 1 rings (SSSR count). The second-order valence-corrected chi connectivity index (χ2v) is 7.39. The zero-order valence-corrected chi connectivity index (χ0v) is 13.7. The monoisotopic (exact) mass is 304 g/mol. The molecule has 0 amide bonds. The molecule has 2 N–H and O–H groups in total. The summed E-state index contributed by atoms with van der Waals surface area (Å²) in [7, 11) is 1.65. The van der Waals surface area contributed by atoms with Crippen LogP contribution in [-0.4, -0.2) is 61.0 Å². The molecule has 0 aliphatic heterocycles. The number of aromatic nitrogens is 2. The Morgan fingerprint density at radius 2 is 1.95 bits per heavy atom. The molecule has 0 spiro atoms. The number of nitrogens with zero attached hydrogens (tertiary/aromatic N) is 3. The van der Waals surface area contributed by atoms with E-state index >= 15 is 0 Å². The van der Waals surface area contributed by atoms with E-state index in [1.54, 1.807) is 32.7 Å². The molecule has 1 aromatic heterocycles. The van der Waals surface area contributed by atoms with Gasteiger partial charge in [0, 0.05) is 20.1 Å². The smallest absolute Gasteiger partial charge is 0.244 e. The van der Waals surface area contributed by atoms with Crippen molar-refractivity contribution < 1.29 is 13.5 Å². The summed E-state index contributed by atoms with van der Waals surface area (Å²) in [6, 6.07) is 0. The van der Waals surface area contributed by atoms with Gasteiger partial charge in [0.15, 0.2) is 0 Å². The summed E-state index contributed by atoms with van der Waals surface area (Å²) < 4.78 is 28.6. The fourth-order valence-corrected chi connectivity index (χ4v) is 3.80. The van der Waals surface area contributed by atoms with Gasteiger partial charge in [0.25, 0.3) is 0 Å². The first-order valence-corrected chi connectivity index (χ1v) is 7.81. The molecule has 0 aromatic carbocycles. The van der Waals surface area contributed by atoms with Gasteiger partial charge in [-0.15, -0.1) is 0 Å². The molecule has 0 aliphatic carbocycles. The topological polar surface area (TPSA) is 87.5 Å². The number of hydrogen-bond acceptors (Lipinski definition) is 5. The predicted octanol–water partition coefficient (Wildman–Crippen LogP) is -0.372. The third kappa shape index (κ3) is 4.02. The van der Waals surface area contributed by atoms with E-state index in [4.69, 9.17) is 0 Å². The van der Waals surface area contributed by atoms with E-state index in [0.717, 1.165) is 0 Å². The number of nitrogens with one attached hydrogen (secondary N) is 1. The Balaban J connectivity index is 2.91. The Kier molecular flexibility index (Phi) is 4.96. The van der Waals surface area contributed by atoms with Gasteiger partial charge in [0.2, 0.25) is 10.0 Å². The summed E-state index contributed by atoms with van der Waals surface area (Å²) in [4.78, 5) is 1.98. The predicted molar refractivity (Wildman–Crippen MR) is 77.0 cm³/mol. The van der Waals surface area contributed by atoms with Crippen molar-refractivity contribution in [3.05, 3.63) is 11.4 Å². The van der Waals surface area contributed by atoms with Crippen LogP contribution >= 0.6 is 0 Å². The number of sulfonamides is 1. The van der Waals surface area contributed by atoms with Gasteiger partial charge in [-0.2, -0.15) is 5.10 Å². The molecule has 0 bridgehead atoms. The van der Waals surface area contributed by atoms with E-state index in [0.29, 0.717) is 17.9 Å². The van der Waals surface area contributed by atoms with E-state index in [9.17, 15) is 13.5 Å². The summed E-state index contributed by atoms with van der Waals surface area (Å²) in [5, 5.41) is 14.2. The molecule has 1 aromatic rings. The van der Waals surface area contributed by atoms with Crippen LogP contribution in [0.2, 0.25) is 0 Å². The molecule has 7 nitrogen and oxygen atoms in total. The first-order chi connectivity index (χ1) is 8.96. The number of likely N-dealkylation sites (N-methyl/N-ethyl adjacent to an activating group) is 1. The lowest BCUT2D eigenvalue weighted by Gasteiger charge is -2.27. The normalized spacial score (nSPS) is 15.6. The number of aliphatic hydroxyl groups is 1. The lowest BCUT2D eigenvalue weighted by molar-refractivity contribution is 0.0386. The van der Waals surface area contributed by atoms with Gasteiger partial charge >= 0.3 is 0 Å². The molecule has 0 saturated heterocycles. The minimum Gasteiger partial charge on any atom is -0.387 e. The average molecular weight is 304 g/mol. The van der Waals surface area contributed by atoms with Crippen LogP contribution in [0, 0.1) is 13.8 Å². The van der Waals surface area contributed by atoms with E-state index in [1.165, 1.54) is 4.68 Å². The van der Waals surface area contributed by atoms with Crippen LogP contribution < -0.4 is 4.72 Å². The van der Waals surface area contributed by atoms with Crippen LogP contribution in [0.5, 0.6) is 0 Å². The highest BCUT2D eigenvalue weighted by molar-refractivity contribution is 7.89. The number of rotatable bonds is 6. The van der Waals surface area contributed by atoms with Crippen LogP contribution in [0.15, 0.2) is 4.90 Å². The molecule has 116 valence electrons. The van der Waals surface area contributed by atoms with Crippen molar-refractivity contribution in [2.45, 2.75) is 31.3 Å². The quantitative estimate of drug-likeness (QED) is 0.748. The van der Waals surface area contributed by atoms with E-state index < -0.39 is 15.6 Å². The van der Waals surface area contributed by atoms with E-state index in [2.05, 4.69) is 9.82 Å². The third-order valence-electron chi connectivity index (χ3n) is 3.01. The van der Waals surface area contributed by atoms with Crippen molar-refractivity contribution in [3.63, 3.8) is 0 Å². The van der Waals surface area contributed by atoms with Crippen LogP contribution in [0.1, 0.15) is 18.3 Å². The molecular formula is C12H24N4O3S. The summed E-state index contributed by atoms with van der Waals surface area (Å²) >= 11 is 0. The van der Waals surface area contributed by atoms with Crippen LogP contribution in [0.25, 0.3) is 0 Å². The SMILES string of the molecule is Cc1nn(C)c(C)c1S(=O)(=O)NCC(C)(O)CN(C)C. The average Bonchev–Trinajstić information content (AvgIpc) is 2.49. The Hall–Kier alpha value is -0.960. The first kappa shape index (κ1) is 17.1. The largest absolute Gasteiger partial charge is 0.387 e. The molecule has 8 heteroatoms. The third-order valence-corrected chi connectivity index (χ3v) is 4.66. The lowest BCUT2D eigenvalue weighted by Crippen LogP contribution is -2.47. The Labute approximate surface area is 120 Å². The minimum absolute atomic E-state index is 0.0543. The zero-order valence-electron chi connectivity index (χ0n) is 12.9. The fourth-order valence-electron chi connectivity index (χ4n) is 2.20. The summed E-state index contributed by atoms with van der Waals surface area (Å²) in [5.74, 6) is 0. The van der Waals surface area contributed by atoms with Crippen molar-refractivity contribution >= 4 is 10.0 Å². The van der Waals surface area contributed by atoms with Crippen LogP contribution in [0.3, 0.4) is 0 Å². The van der Waals surface area contributed by atoms with E-state index in [-0.39, 0.29) is 11.4 Å². The van der Waals surface area contributed by atoms with Gasteiger partial charge in [-0.25, -0.2) is 13.1 Å². The Bertz CT molecular complexity index is 576. The van der Waals surface area contributed by atoms with Gasteiger partial charge in [-0.3, -0.25) is 4.68 Å². The van der Waals surface area contributed by atoms with Gasteiger partial charge < -0.3 is 10.0 Å². The number of aryl methyl sites for hydroxylation is 2. The minimum atomic E-state index is -3.68. The molecule has 1 unspecified atom stereocenters. The number of hydrogen-bond donors (Lipinski definition) is 2. The Morgan fingerprint density at radius 1 is 1.40 bits per heavy atom. The van der Waals surface area contributed by atoms with Crippen molar-refractivity contribution in [1.82, 2.24) is 19.4 Å². The Morgan fingerprint density at radius 3 is 2.35 bits per heavy atom. The second-order valence-electron chi connectivity index (χ2n) is 5.68. The summed E-state index contributed by atoms with van der Waals surface area (Å²) in [6.07, 6.45) is 0. The molecule has 0 aliphatic rings. The highest BCUT2D eigenvalue weighted by Gasteiger charge is 2.28. The maximum Gasteiger partial charge on any atom is 0.244 e. The molecule has 1 atom stereocenters. The van der Waals surface area contributed by atoms with Gasteiger partial charge in [0.1, 0.15) is 4.90 Å². The molecular weight excluding hydrogens is 280 g/mol. The maximum absolute atomic E-state index is 12.3.